The van der Waals surface area contributed by atoms with Crippen LogP contribution in [-0.2, 0) is 7.05 Å². The first kappa shape index (κ1) is 13.1. The van der Waals surface area contributed by atoms with Crippen molar-refractivity contribution < 1.29 is 0 Å². The highest BCUT2D eigenvalue weighted by molar-refractivity contribution is 6.31. The number of nitrogens with two attached hydrogens (primary N) is 1. The fourth-order valence-electron chi connectivity index (χ4n) is 2.35. The molecule has 0 fully saturated rings. The summed E-state index contributed by atoms with van der Waals surface area (Å²) in [6, 6.07) is 9.72. The molecule has 0 saturated heterocycles. The standard InChI is InChI=1S/C14H14ClN5/c1-20-14(11(15)8-18-20)13(19-16)10-4-5-12-9(7-10)3-2-6-17-12/h2-8,13,19H,16H2,1H3. The third-order valence-electron chi connectivity index (χ3n) is 3.34. The second kappa shape index (κ2) is 5.20. The predicted molar refractivity (Wildman–Crippen MR) is 79.1 cm³/mol. The van der Waals surface area contributed by atoms with Gasteiger partial charge in [0.1, 0.15) is 0 Å². The molecule has 0 aliphatic carbocycles. The molecule has 20 heavy (non-hydrogen) atoms. The molecule has 2 aromatic heterocycles. The predicted octanol–water partition coefficient (Wildman–Crippen LogP) is 2.17. The minimum atomic E-state index is -0.223. The van der Waals surface area contributed by atoms with Gasteiger partial charge >= 0.3 is 0 Å². The molecule has 0 bridgehead atoms. The molecule has 102 valence electrons. The Labute approximate surface area is 121 Å². The molecule has 5 nitrogen and oxygen atoms in total. The molecule has 0 aliphatic rings. The van der Waals surface area contributed by atoms with E-state index in [9.17, 15) is 0 Å². The van der Waals surface area contributed by atoms with Gasteiger partial charge in [-0.3, -0.25) is 15.5 Å². The number of pyridine rings is 1. The molecule has 1 atom stereocenters. The number of nitrogens with zero attached hydrogens (tertiary/aromatic N) is 3. The van der Waals surface area contributed by atoms with Crippen LogP contribution in [0.25, 0.3) is 10.9 Å². The summed E-state index contributed by atoms with van der Waals surface area (Å²) in [4.78, 5) is 4.31. The molecule has 3 aromatic rings. The van der Waals surface area contributed by atoms with Crippen molar-refractivity contribution in [3.05, 3.63) is 59.0 Å². The minimum Gasteiger partial charge on any atom is -0.271 e. The highest BCUT2D eigenvalue weighted by atomic mass is 35.5. The number of halogens is 1. The van der Waals surface area contributed by atoms with Crippen LogP contribution in [0.15, 0.2) is 42.7 Å². The van der Waals surface area contributed by atoms with Crippen molar-refractivity contribution >= 4 is 22.5 Å². The van der Waals surface area contributed by atoms with E-state index in [1.54, 1.807) is 17.1 Å². The van der Waals surface area contributed by atoms with Crippen molar-refractivity contribution in [3.8, 4) is 0 Å². The van der Waals surface area contributed by atoms with Gasteiger partial charge in [0.2, 0.25) is 0 Å². The zero-order valence-corrected chi connectivity index (χ0v) is 11.7. The topological polar surface area (TPSA) is 68.8 Å². The Kier molecular flexibility index (Phi) is 3.40. The average Bonchev–Trinajstić information content (AvgIpc) is 2.80. The van der Waals surface area contributed by atoms with Gasteiger partial charge < -0.3 is 0 Å². The van der Waals surface area contributed by atoms with E-state index in [-0.39, 0.29) is 6.04 Å². The van der Waals surface area contributed by atoms with E-state index in [4.69, 9.17) is 17.4 Å². The lowest BCUT2D eigenvalue weighted by atomic mass is 10.0. The summed E-state index contributed by atoms with van der Waals surface area (Å²) in [6.07, 6.45) is 3.39. The molecule has 0 saturated carbocycles. The lowest BCUT2D eigenvalue weighted by Gasteiger charge is -2.17. The van der Waals surface area contributed by atoms with E-state index in [0.717, 1.165) is 22.2 Å². The van der Waals surface area contributed by atoms with Crippen molar-refractivity contribution in [2.24, 2.45) is 12.9 Å². The van der Waals surface area contributed by atoms with Crippen LogP contribution in [0.2, 0.25) is 5.02 Å². The number of aromatic nitrogens is 3. The monoisotopic (exact) mass is 287 g/mol. The number of rotatable bonds is 3. The summed E-state index contributed by atoms with van der Waals surface area (Å²) in [5.74, 6) is 5.71. The molecular formula is C14H14ClN5. The Morgan fingerprint density at radius 1 is 1.35 bits per heavy atom. The summed E-state index contributed by atoms with van der Waals surface area (Å²) in [5.41, 5.74) is 5.59. The molecule has 2 heterocycles. The summed E-state index contributed by atoms with van der Waals surface area (Å²) in [6.45, 7) is 0. The maximum Gasteiger partial charge on any atom is 0.0893 e. The Morgan fingerprint density at radius 2 is 2.20 bits per heavy atom. The first-order chi connectivity index (χ1) is 9.70. The molecule has 0 spiro atoms. The van der Waals surface area contributed by atoms with Crippen LogP contribution in [0.3, 0.4) is 0 Å². The number of fused-ring (bicyclic) bond motifs is 1. The molecule has 3 N–H and O–H groups in total. The Balaban J connectivity index is 2.12. The summed E-state index contributed by atoms with van der Waals surface area (Å²) in [5, 5.41) is 5.79. The third-order valence-corrected chi connectivity index (χ3v) is 3.63. The second-order valence-electron chi connectivity index (χ2n) is 4.56. The number of hydrogen-bond acceptors (Lipinski definition) is 4. The van der Waals surface area contributed by atoms with Crippen LogP contribution < -0.4 is 11.3 Å². The number of nitrogens with one attached hydrogen (secondary N) is 1. The number of hydrazine groups is 1. The number of hydrogen-bond donors (Lipinski definition) is 2. The Hall–Kier alpha value is -1.95. The van der Waals surface area contributed by atoms with Gasteiger partial charge in [0.25, 0.3) is 0 Å². The highest BCUT2D eigenvalue weighted by Gasteiger charge is 2.20. The van der Waals surface area contributed by atoms with Crippen LogP contribution in [0.1, 0.15) is 17.3 Å². The van der Waals surface area contributed by atoms with E-state index < -0.39 is 0 Å². The van der Waals surface area contributed by atoms with Crippen molar-refractivity contribution in [3.63, 3.8) is 0 Å². The van der Waals surface area contributed by atoms with Crippen molar-refractivity contribution in [1.82, 2.24) is 20.2 Å². The minimum absolute atomic E-state index is 0.223. The normalized spacial score (nSPS) is 12.8. The molecule has 0 radical (unpaired) electrons. The van der Waals surface area contributed by atoms with Crippen molar-refractivity contribution in [2.45, 2.75) is 6.04 Å². The van der Waals surface area contributed by atoms with Gasteiger partial charge in [-0.1, -0.05) is 23.7 Å². The summed E-state index contributed by atoms with van der Waals surface area (Å²) < 4.78 is 1.72. The van der Waals surface area contributed by atoms with E-state index in [1.807, 2.05) is 31.3 Å². The third kappa shape index (κ3) is 2.16. The van der Waals surface area contributed by atoms with Gasteiger partial charge in [0.05, 0.1) is 28.5 Å². The maximum atomic E-state index is 6.20. The van der Waals surface area contributed by atoms with Gasteiger partial charge in [-0.05, 0) is 23.8 Å². The number of benzene rings is 1. The fraction of sp³-hybridized carbons (Fsp3) is 0.143. The zero-order chi connectivity index (χ0) is 14.1. The first-order valence-electron chi connectivity index (χ1n) is 6.19. The van der Waals surface area contributed by atoms with Gasteiger partial charge in [-0.25, -0.2) is 5.43 Å². The van der Waals surface area contributed by atoms with Crippen LogP contribution in [-0.4, -0.2) is 14.8 Å². The van der Waals surface area contributed by atoms with E-state index in [2.05, 4.69) is 21.6 Å². The number of aryl methyl sites for hydroxylation is 1. The van der Waals surface area contributed by atoms with Gasteiger partial charge in [-0.15, -0.1) is 0 Å². The second-order valence-corrected chi connectivity index (χ2v) is 4.96. The molecule has 3 rings (SSSR count). The van der Waals surface area contributed by atoms with Crippen molar-refractivity contribution in [2.75, 3.05) is 0 Å². The lowest BCUT2D eigenvalue weighted by Crippen LogP contribution is -2.30. The first-order valence-corrected chi connectivity index (χ1v) is 6.56. The largest absolute Gasteiger partial charge is 0.271 e. The van der Waals surface area contributed by atoms with Crippen molar-refractivity contribution in [1.29, 1.82) is 0 Å². The van der Waals surface area contributed by atoms with Crippen LogP contribution >= 0.6 is 11.6 Å². The highest BCUT2D eigenvalue weighted by Crippen LogP contribution is 2.28. The van der Waals surface area contributed by atoms with E-state index in [1.165, 1.54) is 0 Å². The molecule has 0 aliphatic heterocycles. The summed E-state index contributed by atoms with van der Waals surface area (Å²) in [7, 11) is 1.84. The van der Waals surface area contributed by atoms with Crippen LogP contribution in [0.4, 0.5) is 0 Å². The van der Waals surface area contributed by atoms with Gasteiger partial charge in [-0.2, -0.15) is 5.10 Å². The smallest absolute Gasteiger partial charge is 0.0893 e. The maximum absolute atomic E-state index is 6.20. The molecule has 6 heteroatoms. The van der Waals surface area contributed by atoms with Crippen LogP contribution in [0.5, 0.6) is 0 Å². The zero-order valence-electron chi connectivity index (χ0n) is 10.9. The van der Waals surface area contributed by atoms with Crippen LogP contribution in [0, 0.1) is 0 Å². The molecule has 0 amide bonds. The fourth-order valence-corrected chi connectivity index (χ4v) is 2.63. The molecule has 1 aromatic carbocycles. The average molecular weight is 288 g/mol. The van der Waals surface area contributed by atoms with E-state index >= 15 is 0 Å². The Bertz CT molecular complexity index is 733. The van der Waals surface area contributed by atoms with Gasteiger partial charge in [0, 0.05) is 18.6 Å². The van der Waals surface area contributed by atoms with E-state index in [0.29, 0.717) is 5.02 Å². The van der Waals surface area contributed by atoms with Gasteiger partial charge in [0.15, 0.2) is 0 Å². The Morgan fingerprint density at radius 3 is 2.90 bits per heavy atom. The molecule has 1 unspecified atom stereocenters. The summed E-state index contributed by atoms with van der Waals surface area (Å²) >= 11 is 6.20. The quantitative estimate of drug-likeness (QED) is 0.572. The SMILES string of the molecule is Cn1ncc(Cl)c1C(NN)c1ccc2ncccc2c1. The lowest BCUT2D eigenvalue weighted by molar-refractivity contribution is 0.575. The molecular weight excluding hydrogens is 274 g/mol.